The summed E-state index contributed by atoms with van der Waals surface area (Å²) in [7, 11) is 0. The number of fused-ring (bicyclic) bond motifs is 2. The maximum atomic E-state index is 12.7. The molecular weight excluding hydrogens is 346 g/mol. The van der Waals surface area contributed by atoms with Crippen molar-refractivity contribution in [1.29, 1.82) is 0 Å². The Bertz CT molecular complexity index is 999. The molecule has 2 aliphatic rings. The lowest BCUT2D eigenvalue weighted by molar-refractivity contribution is -0.132. The van der Waals surface area contributed by atoms with Crippen molar-refractivity contribution in [2.45, 2.75) is 44.1 Å². The van der Waals surface area contributed by atoms with Gasteiger partial charge in [0.1, 0.15) is 0 Å². The van der Waals surface area contributed by atoms with Crippen LogP contribution in [0.25, 0.3) is 0 Å². The Morgan fingerprint density at radius 3 is 2.63 bits per heavy atom. The van der Waals surface area contributed by atoms with Gasteiger partial charge in [0.2, 0.25) is 5.91 Å². The second-order valence-corrected chi connectivity index (χ2v) is 7.60. The normalized spacial score (nSPS) is 20.7. The lowest BCUT2D eigenvalue weighted by atomic mass is 9.72. The van der Waals surface area contributed by atoms with E-state index in [1.54, 1.807) is 11.8 Å². The van der Waals surface area contributed by atoms with Crippen LogP contribution < -0.4 is 11.2 Å². The van der Waals surface area contributed by atoms with Crippen LogP contribution in [0.4, 0.5) is 0 Å². The number of hydrogen-bond donors (Lipinski definition) is 3. The van der Waals surface area contributed by atoms with Crippen molar-refractivity contribution in [2.24, 2.45) is 0 Å². The van der Waals surface area contributed by atoms with Gasteiger partial charge in [0, 0.05) is 29.8 Å². The highest BCUT2D eigenvalue weighted by molar-refractivity contribution is 5.79. The first-order valence-electron chi connectivity index (χ1n) is 9.27. The highest BCUT2D eigenvalue weighted by atomic mass is 16.3. The van der Waals surface area contributed by atoms with Gasteiger partial charge in [0.25, 0.3) is 5.56 Å². The first kappa shape index (κ1) is 17.7. The number of likely N-dealkylation sites (tertiary alicyclic amines) is 1. The van der Waals surface area contributed by atoms with E-state index in [9.17, 15) is 19.5 Å². The number of carbonyl (C=O) groups excluding carboxylic acids is 1. The number of aryl methyl sites for hydroxylation is 1. The molecule has 7 heteroatoms. The van der Waals surface area contributed by atoms with E-state index in [1.807, 2.05) is 12.1 Å². The molecule has 2 heterocycles. The lowest BCUT2D eigenvalue weighted by Crippen LogP contribution is -2.49. The van der Waals surface area contributed by atoms with Crippen LogP contribution in [0.5, 0.6) is 0 Å². The van der Waals surface area contributed by atoms with Crippen LogP contribution in [0.15, 0.2) is 33.9 Å². The number of aromatic nitrogens is 2. The third kappa shape index (κ3) is 2.92. The van der Waals surface area contributed by atoms with Gasteiger partial charge < -0.3 is 15.0 Å². The summed E-state index contributed by atoms with van der Waals surface area (Å²) in [6.45, 7) is 2.71. The number of aliphatic hydroxyl groups excluding tert-OH is 1. The van der Waals surface area contributed by atoms with Gasteiger partial charge in [0.15, 0.2) is 0 Å². The fourth-order valence-corrected chi connectivity index (χ4v) is 4.63. The number of hydrogen-bond acceptors (Lipinski definition) is 4. The van der Waals surface area contributed by atoms with E-state index in [-0.39, 0.29) is 17.7 Å². The molecule has 1 atom stereocenters. The molecule has 0 radical (unpaired) electrons. The van der Waals surface area contributed by atoms with Crippen LogP contribution >= 0.6 is 0 Å². The number of nitrogens with zero attached hydrogens (tertiary/aromatic N) is 1. The van der Waals surface area contributed by atoms with Crippen molar-refractivity contribution in [3.05, 3.63) is 67.5 Å². The van der Waals surface area contributed by atoms with Crippen molar-refractivity contribution in [3.63, 3.8) is 0 Å². The lowest BCUT2D eigenvalue weighted by Gasteiger charge is -2.42. The predicted octanol–water partition coefficient (Wildman–Crippen LogP) is 0.392. The number of H-pyrrole nitrogens is 2. The first-order chi connectivity index (χ1) is 12.9. The van der Waals surface area contributed by atoms with E-state index < -0.39 is 17.4 Å². The number of piperidine rings is 1. The Kier molecular flexibility index (Phi) is 4.26. The zero-order chi connectivity index (χ0) is 19.2. The highest BCUT2D eigenvalue weighted by Gasteiger charge is 2.48. The Morgan fingerprint density at radius 1 is 1.22 bits per heavy atom. The molecule has 2 aromatic rings. The van der Waals surface area contributed by atoms with Crippen molar-refractivity contribution in [1.82, 2.24) is 14.9 Å². The second-order valence-electron chi connectivity index (χ2n) is 7.60. The van der Waals surface area contributed by atoms with E-state index in [1.165, 1.54) is 11.1 Å². The molecule has 1 amide bonds. The van der Waals surface area contributed by atoms with Gasteiger partial charge in [-0.3, -0.25) is 14.6 Å². The number of carbonyl (C=O) groups is 1. The molecule has 0 unspecified atom stereocenters. The van der Waals surface area contributed by atoms with Gasteiger partial charge in [-0.2, -0.15) is 0 Å². The fourth-order valence-electron chi connectivity index (χ4n) is 4.63. The Hall–Kier alpha value is -2.67. The molecular formula is C20H23N3O4. The zero-order valence-electron chi connectivity index (χ0n) is 15.2. The van der Waals surface area contributed by atoms with E-state index in [0.29, 0.717) is 43.6 Å². The topological polar surface area (TPSA) is 106 Å². The minimum absolute atomic E-state index is 0.0376. The molecule has 0 saturated carbocycles. The molecule has 1 spiro atoms. The summed E-state index contributed by atoms with van der Waals surface area (Å²) in [4.78, 5) is 42.4. The molecule has 27 heavy (non-hydrogen) atoms. The van der Waals surface area contributed by atoms with Crippen molar-refractivity contribution in [2.75, 3.05) is 13.1 Å². The molecule has 4 rings (SSSR count). The highest BCUT2D eigenvalue weighted by Crippen LogP contribution is 2.46. The maximum absolute atomic E-state index is 12.7. The van der Waals surface area contributed by atoms with Crippen molar-refractivity contribution >= 4 is 5.91 Å². The Balaban J connectivity index is 1.50. The minimum Gasteiger partial charge on any atom is -0.392 e. The molecule has 3 N–H and O–H groups in total. The van der Waals surface area contributed by atoms with Gasteiger partial charge in [0.05, 0.1) is 12.5 Å². The number of benzene rings is 1. The number of amides is 1. The number of aliphatic hydroxyl groups is 1. The first-order valence-corrected chi connectivity index (χ1v) is 9.27. The summed E-state index contributed by atoms with van der Waals surface area (Å²) in [5, 5.41) is 10.7. The van der Waals surface area contributed by atoms with E-state index in [2.05, 4.69) is 22.1 Å². The molecule has 1 aromatic carbocycles. The summed E-state index contributed by atoms with van der Waals surface area (Å²) in [6.07, 6.45) is 1.62. The monoisotopic (exact) mass is 369 g/mol. The van der Waals surface area contributed by atoms with Crippen molar-refractivity contribution < 1.29 is 9.90 Å². The van der Waals surface area contributed by atoms with E-state index >= 15 is 0 Å². The molecule has 1 aliphatic carbocycles. The minimum atomic E-state index is -0.567. The Morgan fingerprint density at radius 2 is 1.93 bits per heavy atom. The van der Waals surface area contributed by atoms with Crippen molar-refractivity contribution in [3.8, 4) is 0 Å². The quantitative estimate of drug-likeness (QED) is 0.712. The van der Waals surface area contributed by atoms with Crippen LogP contribution in [0.1, 0.15) is 35.2 Å². The SMILES string of the molecule is Cc1[nH]c(=O)[nH]c(=O)c1CC(=O)N1CCC2(CC1)c1ccccc1C[C@@H]2O. The zero-order valence-corrected chi connectivity index (χ0v) is 15.2. The van der Waals surface area contributed by atoms with Gasteiger partial charge in [-0.05, 0) is 37.3 Å². The standard InChI is InChI=1S/C20H23N3O4/c1-12-14(18(26)22-19(27)21-12)11-17(25)23-8-6-20(7-9-23)15-5-3-2-4-13(15)10-16(20)24/h2-5,16,24H,6-11H2,1H3,(H2,21,22,26,27)/t16-/m0/s1. The third-order valence-electron chi connectivity index (χ3n) is 6.20. The fraction of sp³-hybridized carbons (Fsp3) is 0.450. The van der Waals surface area contributed by atoms with Crippen LogP contribution in [0, 0.1) is 6.92 Å². The van der Waals surface area contributed by atoms with Crippen LogP contribution in [-0.4, -0.2) is 45.1 Å². The van der Waals surface area contributed by atoms with Gasteiger partial charge in [-0.25, -0.2) is 4.79 Å². The molecule has 7 nitrogen and oxygen atoms in total. The Labute approximate surface area is 156 Å². The molecule has 1 fully saturated rings. The third-order valence-corrected chi connectivity index (χ3v) is 6.20. The molecule has 1 aliphatic heterocycles. The van der Waals surface area contributed by atoms with Gasteiger partial charge in [-0.15, -0.1) is 0 Å². The number of rotatable bonds is 2. The van der Waals surface area contributed by atoms with Gasteiger partial charge >= 0.3 is 5.69 Å². The summed E-state index contributed by atoms with van der Waals surface area (Å²) < 4.78 is 0. The van der Waals surface area contributed by atoms with E-state index in [0.717, 1.165) is 0 Å². The average Bonchev–Trinajstić information content (AvgIpc) is 2.90. The molecule has 1 saturated heterocycles. The number of nitrogens with one attached hydrogen (secondary N) is 2. The predicted molar refractivity (Wildman–Crippen MR) is 99.8 cm³/mol. The molecule has 142 valence electrons. The molecule has 0 bridgehead atoms. The summed E-state index contributed by atoms with van der Waals surface area (Å²) in [6, 6.07) is 8.15. The summed E-state index contributed by atoms with van der Waals surface area (Å²) in [5.74, 6) is -0.133. The van der Waals surface area contributed by atoms with Crippen LogP contribution in [0.3, 0.4) is 0 Å². The summed E-state index contributed by atoms with van der Waals surface area (Å²) in [5.41, 5.74) is 1.76. The average molecular weight is 369 g/mol. The summed E-state index contributed by atoms with van der Waals surface area (Å²) >= 11 is 0. The second kappa shape index (κ2) is 6.49. The van der Waals surface area contributed by atoms with Crippen LogP contribution in [0.2, 0.25) is 0 Å². The maximum Gasteiger partial charge on any atom is 0.325 e. The van der Waals surface area contributed by atoms with E-state index in [4.69, 9.17) is 0 Å². The van der Waals surface area contributed by atoms with Gasteiger partial charge in [-0.1, -0.05) is 24.3 Å². The largest absolute Gasteiger partial charge is 0.392 e. The molecule has 1 aromatic heterocycles. The van der Waals surface area contributed by atoms with Crippen LogP contribution in [-0.2, 0) is 23.1 Å². The number of aromatic amines is 2. The smallest absolute Gasteiger partial charge is 0.325 e.